The average molecular weight is 494 g/mol. The predicted molar refractivity (Wildman–Crippen MR) is 130 cm³/mol. The lowest BCUT2D eigenvalue weighted by Crippen LogP contribution is -2.30. The molecule has 0 saturated carbocycles. The van der Waals surface area contributed by atoms with Crippen LogP contribution in [0.4, 0.5) is 22.7 Å². The van der Waals surface area contributed by atoms with Gasteiger partial charge in [-0.2, -0.15) is 0 Å². The number of amides is 2. The number of benzene rings is 3. The van der Waals surface area contributed by atoms with E-state index in [0.717, 1.165) is 0 Å². The summed E-state index contributed by atoms with van der Waals surface area (Å²) in [6.45, 7) is 3.08. The van der Waals surface area contributed by atoms with E-state index in [-0.39, 0.29) is 11.4 Å². The maximum atomic E-state index is 12.4. The third-order valence-corrected chi connectivity index (χ3v) is 4.88. The normalized spacial score (nSPS) is 12.1. The molecule has 3 aromatic rings. The number of nitro benzene ring substituents is 2. The fourth-order valence-corrected chi connectivity index (χ4v) is 2.93. The molecule has 0 spiro atoms. The molecule has 0 fully saturated rings. The zero-order chi connectivity index (χ0) is 26.2. The number of hydrogen-bond donors (Lipinski definition) is 2. The molecule has 0 aliphatic carbocycles. The van der Waals surface area contributed by atoms with Gasteiger partial charge in [0.25, 0.3) is 23.2 Å². The van der Waals surface area contributed by atoms with Gasteiger partial charge in [0, 0.05) is 35.6 Å². The molecule has 12 nitrogen and oxygen atoms in total. The van der Waals surface area contributed by atoms with Crippen molar-refractivity contribution in [3.63, 3.8) is 0 Å². The van der Waals surface area contributed by atoms with Crippen molar-refractivity contribution in [3.05, 3.63) is 93.0 Å². The molecule has 2 atom stereocenters. The maximum absolute atomic E-state index is 12.4. The molecule has 0 heterocycles. The quantitative estimate of drug-likeness (QED) is 0.311. The van der Waals surface area contributed by atoms with Crippen molar-refractivity contribution in [2.45, 2.75) is 26.1 Å². The van der Waals surface area contributed by atoms with E-state index in [0.29, 0.717) is 22.9 Å². The van der Waals surface area contributed by atoms with Crippen LogP contribution in [0.5, 0.6) is 11.5 Å². The van der Waals surface area contributed by atoms with Crippen LogP contribution < -0.4 is 20.1 Å². The van der Waals surface area contributed by atoms with E-state index in [2.05, 4.69) is 10.6 Å². The molecule has 2 N–H and O–H groups in total. The van der Waals surface area contributed by atoms with E-state index >= 15 is 0 Å². The number of nitrogens with zero attached hydrogens (tertiary/aromatic N) is 2. The number of anilines is 2. The second-order valence-corrected chi connectivity index (χ2v) is 7.58. The first-order chi connectivity index (χ1) is 17.1. The van der Waals surface area contributed by atoms with Gasteiger partial charge in [-0.1, -0.05) is 0 Å². The summed E-state index contributed by atoms with van der Waals surface area (Å²) < 4.78 is 11.0. The van der Waals surface area contributed by atoms with Crippen LogP contribution in [0.3, 0.4) is 0 Å². The van der Waals surface area contributed by atoms with Gasteiger partial charge in [0.15, 0.2) is 12.2 Å². The highest BCUT2D eigenvalue weighted by Crippen LogP contribution is 2.21. The SMILES string of the molecule is CC(Oc1ccc([N+](=O)[O-])cc1)C(=O)Nc1ccc(NC(=O)C(C)Oc2ccc([N+](=O)[O-])cc2)cc1. The van der Waals surface area contributed by atoms with Crippen LogP contribution in [0.15, 0.2) is 72.8 Å². The standard InChI is InChI=1S/C24H22N4O8/c1-15(35-21-11-7-19(8-12-21)27(31)32)23(29)25-17-3-5-18(6-4-17)26-24(30)16(2)36-22-13-9-20(10-14-22)28(33)34/h3-16H,1-2H3,(H,25,29)(H,26,30). The second kappa shape index (κ2) is 11.4. The number of ether oxygens (including phenoxy) is 2. The van der Waals surface area contributed by atoms with E-state index in [1.165, 1.54) is 62.4 Å². The van der Waals surface area contributed by atoms with Gasteiger partial charge in [0.05, 0.1) is 9.85 Å². The lowest BCUT2D eigenvalue weighted by molar-refractivity contribution is -0.385. The Hall–Kier alpha value is -5.00. The Labute approximate surface area is 205 Å². The Balaban J connectivity index is 1.50. The van der Waals surface area contributed by atoms with Crippen molar-refractivity contribution in [2.24, 2.45) is 0 Å². The van der Waals surface area contributed by atoms with E-state index < -0.39 is 33.9 Å². The first kappa shape index (κ1) is 25.6. The number of hydrogen-bond acceptors (Lipinski definition) is 8. The van der Waals surface area contributed by atoms with Crippen LogP contribution in [-0.2, 0) is 9.59 Å². The van der Waals surface area contributed by atoms with E-state index in [9.17, 15) is 29.8 Å². The fraction of sp³-hybridized carbons (Fsp3) is 0.167. The highest BCUT2D eigenvalue weighted by atomic mass is 16.6. The highest BCUT2D eigenvalue weighted by Gasteiger charge is 2.17. The minimum Gasteiger partial charge on any atom is -0.481 e. The molecule has 3 rings (SSSR count). The van der Waals surface area contributed by atoms with Crippen molar-refractivity contribution >= 4 is 34.6 Å². The van der Waals surface area contributed by atoms with Crippen LogP contribution in [-0.4, -0.2) is 33.9 Å². The van der Waals surface area contributed by atoms with Gasteiger partial charge < -0.3 is 20.1 Å². The van der Waals surface area contributed by atoms with Gasteiger partial charge >= 0.3 is 0 Å². The zero-order valence-corrected chi connectivity index (χ0v) is 19.2. The lowest BCUT2D eigenvalue weighted by atomic mass is 10.2. The minimum absolute atomic E-state index is 0.0843. The number of non-ortho nitro benzene ring substituents is 2. The minimum atomic E-state index is -0.872. The average Bonchev–Trinajstić information content (AvgIpc) is 2.85. The van der Waals surface area contributed by atoms with Crippen LogP contribution in [0, 0.1) is 20.2 Å². The number of carbonyl (C=O) groups excluding carboxylic acids is 2. The zero-order valence-electron chi connectivity index (χ0n) is 19.2. The Morgan fingerprint density at radius 1 is 0.639 bits per heavy atom. The molecule has 0 aliphatic rings. The summed E-state index contributed by atoms with van der Waals surface area (Å²) in [6, 6.07) is 17.1. The number of nitro groups is 2. The highest BCUT2D eigenvalue weighted by molar-refractivity contribution is 5.96. The topological polar surface area (TPSA) is 163 Å². The monoisotopic (exact) mass is 494 g/mol. The lowest BCUT2D eigenvalue weighted by Gasteiger charge is -2.16. The van der Waals surface area contributed by atoms with Crippen LogP contribution in [0.25, 0.3) is 0 Å². The number of carbonyl (C=O) groups is 2. The molecule has 0 saturated heterocycles. The van der Waals surface area contributed by atoms with E-state index in [1.54, 1.807) is 24.3 Å². The molecule has 0 aromatic heterocycles. The first-order valence-corrected chi connectivity index (χ1v) is 10.7. The summed E-state index contributed by atoms with van der Waals surface area (Å²) in [4.78, 5) is 45.2. The van der Waals surface area contributed by atoms with Gasteiger partial charge in [-0.05, 0) is 62.4 Å². The van der Waals surface area contributed by atoms with Crippen molar-refractivity contribution in [1.82, 2.24) is 0 Å². The molecular weight excluding hydrogens is 472 g/mol. The Morgan fingerprint density at radius 3 is 1.22 bits per heavy atom. The third-order valence-electron chi connectivity index (χ3n) is 4.88. The smallest absolute Gasteiger partial charge is 0.269 e. The van der Waals surface area contributed by atoms with Crippen molar-refractivity contribution in [1.29, 1.82) is 0 Å². The number of nitrogens with one attached hydrogen (secondary N) is 2. The van der Waals surface area contributed by atoms with Gasteiger partial charge in [-0.15, -0.1) is 0 Å². The van der Waals surface area contributed by atoms with Gasteiger partial charge in [-0.3, -0.25) is 29.8 Å². The molecule has 186 valence electrons. The van der Waals surface area contributed by atoms with Crippen LogP contribution in [0.2, 0.25) is 0 Å². The van der Waals surface area contributed by atoms with Gasteiger partial charge in [0.1, 0.15) is 11.5 Å². The molecule has 0 radical (unpaired) electrons. The predicted octanol–water partition coefficient (Wildman–Crippen LogP) is 4.32. The molecule has 2 unspecified atom stereocenters. The summed E-state index contributed by atoms with van der Waals surface area (Å²) in [6.07, 6.45) is -1.74. The molecule has 36 heavy (non-hydrogen) atoms. The van der Waals surface area contributed by atoms with Crippen LogP contribution >= 0.6 is 0 Å². The summed E-state index contributed by atoms with van der Waals surface area (Å²) in [5, 5.41) is 26.8. The number of rotatable bonds is 10. The van der Waals surface area contributed by atoms with Crippen molar-refractivity contribution < 1.29 is 28.9 Å². The largest absolute Gasteiger partial charge is 0.481 e. The Morgan fingerprint density at radius 2 is 0.944 bits per heavy atom. The molecule has 0 aliphatic heterocycles. The fourth-order valence-electron chi connectivity index (χ4n) is 2.93. The molecule has 12 heteroatoms. The van der Waals surface area contributed by atoms with E-state index in [4.69, 9.17) is 9.47 Å². The van der Waals surface area contributed by atoms with Crippen LogP contribution in [0.1, 0.15) is 13.8 Å². The molecule has 0 bridgehead atoms. The summed E-state index contributed by atoms with van der Waals surface area (Å²) >= 11 is 0. The molecule has 3 aromatic carbocycles. The maximum Gasteiger partial charge on any atom is 0.269 e. The summed E-state index contributed by atoms with van der Waals surface area (Å²) in [5.74, 6) is -0.247. The van der Waals surface area contributed by atoms with Gasteiger partial charge in [-0.25, -0.2) is 0 Å². The summed E-state index contributed by atoms with van der Waals surface area (Å²) in [7, 11) is 0. The van der Waals surface area contributed by atoms with Crippen molar-refractivity contribution in [2.75, 3.05) is 10.6 Å². The molecular formula is C24H22N4O8. The third kappa shape index (κ3) is 7.00. The van der Waals surface area contributed by atoms with E-state index in [1.807, 2.05) is 0 Å². The molecule has 2 amide bonds. The Bertz CT molecular complexity index is 1150. The second-order valence-electron chi connectivity index (χ2n) is 7.58. The van der Waals surface area contributed by atoms with Crippen molar-refractivity contribution in [3.8, 4) is 11.5 Å². The Kier molecular flexibility index (Phi) is 8.13. The first-order valence-electron chi connectivity index (χ1n) is 10.7. The van der Waals surface area contributed by atoms with Gasteiger partial charge in [0.2, 0.25) is 0 Å². The summed E-state index contributed by atoms with van der Waals surface area (Å²) in [5.41, 5.74) is 0.762.